The minimum atomic E-state index is 0.341. The van der Waals surface area contributed by atoms with Gasteiger partial charge in [-0.2, -0.15) is 0 Å². The average molecular weight is 506 g/mol. The maximum absolute atomic E-state index is 6.50. The molecule has 2 N–H and O–H groups in total. The Balaban J connectivity index is 1.26. The molecular weight excluding hydrogens is 478 g/mol. The van der Waals surface area contributed by atoms with Crippen molar-refractivity contribution >= 4 is 34.0 Å². The van der Waals surface area contributed by atoms with E-state index in [0.717, 1.165) is 60.6 Å². The number of halogens is 1. The molecule has 4 aromatic rings. The molecule has 2 aromatic heterocycles. The molecule has 2 aromatic carbocycles. The van der Waals surface area contributed by atoms with Crippen LogP contribution >= 0.6 is 11.6 Å². The van der Waals surface area contributed by atoms with E-state index in [-0.39, 0.29) is 0 Å². The first-order valence-electron chi connectivity index (χ1n) is 12.0. The van der Waals surface area contributed by atoms with Crippen molar-refractivity contribution in [2.75, 3.05) is 31.7 Å². The molecule has 1 fully saturated rings. The fourth-order valence-electron chi connectivity index (χ4n) is 4.09. The largest absolute Gasteiger partial charge is 0.491 e. The van der Waals surface area contributed by atoms with Gasteiger partial charge in [0.25, 0.3) is 0 Å². The highest BCUT2D eigenvalue weighted by Crippen LogP contribution is 2.34. The summed E-state index contributed by atoms with van der Waals surface area (Å²) < 4.78 is 17.4. The van der Waals surface area contributed by atoms with Gasteiger partial charge in [0.05, 0.1) is 21.6 Å². The first-order valence-corrected chi connectivity index (χ1v) is 12.4. The van der Waals surface area contributed by atoms with Gasteiger partial charge in [0.1, 0.15) is 36.9 Å². The lowest BCUT2D eigenvalue weighted by molar-refractivity contribution is 0.0770. The van der Waals surface area contributed by atoms with Crippen molar-refractivity contribution in [3.8, 4) is 11.5 Å². The van der Waals surface area contributed by atoms with Crippen LogP contribution in [0.1, 0.15) is 18.5 Å². The second-order valence-corrected chi connectivity index (χ2v) is 8.85. The number of fused-ring (bicyclic) bond motifs is 1. The minimum absolute atomic E-state index is 0.341. The number of hydrogen-bond donors (Lipinski definition) is 2. The van der Waals surface area contributed by atoms with Crippen LogP contribution in [-0.2, 0) is 11.3 Å². The van der Waals surface area contributed by atoms with Gasteiger partial charge in [0, 0.05) is 37.7 Å². The van der Waals surface area contributed by atoms with Crippen LogP contribution in [0.25, 0.3) is 10.9 Å². The standard InChI is InChI=1S/C27H28ClN5O3/c28-22-16-20(7-8-24(22)36-17-21-4-1-2-11-29-21)33-27-26-23(31-18-32-27)5-3-6-25(26)35-15-12-30-19-9-13-34-14-10-19/h1-8,11,16,18-19,30H,9-10,12-15,17H2,(H,31,32,33). The van der Waals surface area contributed by atoms with Crippen LogP contribution in [0.3, 0.4) is 0 Å². The van der Waals surface area contributed by atoms with E-state index in [1.54, 1.807) is 6.20 Å². The molecule has 0 unspecified atom stereocenters. The Labute approximate surface area is 215 Å². The molecule has 36 heavy (non-hydrogen) atoms. The first-order chi connectivity index (χ1) is 17.8. The molecule has 5 rings (SSSR count). The minimum Gasteiger partial charge on any atom is -0.491 e. The Morgan fingerprint density at radius 1 is 0.944 bits per heavy atom. The summed E-state index contributed by atoms with van der Waals surface area (Å²) in [6.45, 7) is 3.27. The molecule has 0 amide bonds. The van der Waals surface area contributed by atoms with E-state index in [4.69, 9.17) is 25.8 Å². The number of aromatic nitrogens is 3. The van der Waals surface area contributed by atoms with Crippen molar-refractivity contribution in [2.24, 2.45) is 0 Å². The summed E-state index contributed by atoms with van der Waals surface area (Å²) >= 11 is 6.50. The number of hydrogen-bond acceptors (Lipinski definition) is 8. The predicted molar refractivity (Wildman–Crippen MR) is 140 cm³/mol. The van der Waals surface area contributed by atoms with Crippen LogP contribution in [0.4, 0.5) is 11.5 Å². The zero-order valence-corrected chi connectivity index (χ0v) is 20.6. The molecule has 0 aliphatic carbocycles. The van der Waals surface area contributed by atoms with E-state index in [0.29, 0.717) is 35.8 Å². The van der Waals surface area contributed by atoms with Crippen molar-refractivity contribution in [1.29, 1.82) is 0 Å². The van der Waals surface area contributed by atoms with Crippen molar-refractivity contribution < 1.29 is 14.2 Å². The Kier molecular flexibility index (Phi) is 8.07. The molecule has 9 heteroatoms. The molecule has 0 saturated carbocycles. The van der Waals surface area contributed by atoms with Crippen LogP contribution in [0.15, 0.2) is 67.1 Å². The normalized spacial score (nSPS) is 14.0. The smallest absolute Gasteiger partial charge is 0.145 e. The Bertz CT molecular complexity index is 1280. The number of ether oxygens (including phenoxy) is 3. The summed E-state index contributed by atoms with van der Waals surface area (Å²) in [5.74, 6) is 1.96. The van der Waals surface area contributed by atoms with Gasteiger partial charge >= 0.3 is 0 Å². The molecule has 8 nitrogen and oxygen atoms in total. The monoisotopic (exact) mass is 505 g/mol. The summed E-state index contributed by atoms with van der Waals surface area (Å²) in [5, 5.41) is 8.21. The van der Waals surface area contributed by atoms with Crippen LogP contribution < -0.4 is 20.1 Å². The number of anilines is 2. The highest BCUT2D eigenvalue weighted by atomic mass is 35.5. The van der Waals surface area contributed by atoms with E-state index in [1.165, 1.54) is 6.33 Å². The quantitative estimate of drug-likeness (QED) is 0.286. The third kappa shape index (κ3) is 6.20. The van der Waals surface area contributed by atoms with Crippen molar-refractivity contribution in [3.63, 3.8) is 0 Å². The SMILES string of the molecule is Clc1cc(Nc2ncnc3cccc(OCCNC4CCOCC4)c23)ccc1OCc1ccccn1. The molecule has 1 aliphatic heterocycles. The van der Waals surface area contributed by atoms with E-state index in [1.807, 2.05) is 54.6 Å². The topological polar surface area (TPSA) is 90.4 Å². The summed E-state index contributed by atoms with van der Waals surface area (Å²) in [4.78, 5) is 13.2. The number of rotatable bonds is 10. The van der Waals surface area contributed by atoms with Crippen LogP contribution in [0, 0.1) is 0 Å². The van der Waals surface area contributed by atoms with Crippen LogP contribution in [0.5, 0.6) is 11.5 Å². The van der Waals surface area contributed by atoms with Gasteiger partial charge in [-0.15, -0.1) is 0 Å². The zero-order valence-electron chi connectivity index (χ0n) is 19.8. The van der Waals surface area contributed by atoms with Gasteiger partial charge in [-0.05, 0) is 55.3 Å². The van der Waals surface area contributed by atoms with Gasteiger partial charge in [0.15, 0.2) is 0 Å². The Morgan fingerprint density at radius 2 is 1.86 bits per heavy atom. The fourth-order valence-corrected chi connectivity index (χ4v) is 4.32. The van der Waals surface area contributed by atoms with Gasteiger partial charge < -0.3 is 24.8 Å². The molecule has 1 aliphatic rings. The fraction of sp³-hybridized carbons (Fsp3) is 0.296. The van der Waals surface area contributed by atoms with E-state index < -0.39 is 0 Å². The van der Waals surface area contributed by atoms with Crippen molar-refractivity contribution in [2.45, 2.75) is 25.5 Å². The van der Waals surface area contributed by atoms with E-state index in [9.17, 15) is 0 Å². The average Bonchev–Trinajstić information content (AvgIpc) is 2.92. The van der Waals surface area contributed by atoms with Crippen molar-refractivity contribution in [3.05, 3.63) is 77.8 Å². The molecule has 3 heterocycles. The predicted octanol–water partition coefficient (Wildman–Crippen LogP) is 5.15. The zero-order chi connectivity index (χ0) is 24.6. The van der Waals surface area contributed by atoms with Gasteiger partial charge in [-0.1, -0.05) is 23.7 Å². The molecule has 0 radical (unpaired) electrons. The number of benzene rings is 2. The van der Waals surface area contributed by atoms with E-state index >= 15 is 0 Å². The number of nitrogens with one attached hydrogen (secondary N) is 2. The highest BCUT2D eigenvalue weighted by Gasteiger charge is 2.14. The van der Waals surface area contributed by atoms with Gasteiger partial charge in [0.2, 0.25) is 0 Å². The molecule has 186 valence electrons. The second-order valence-electron chi connectivity index (χ2n) is 8.44. The Hall–Kier alpha value is -3.46. The van der Waals surface area contributed by atoms with Crippen LogP contribution in [0.2, 0.25) is 5.02 Å². The maximum atomic E-state index is 6.50. The molecule has 0 atom stereocenters. The molecule has 1 saturated heterocycles. The second kappa shape index (κ2) is 12.0. The highest BCUT2D eigenvalue weighted by molar-refractivity contribution is 6.32. The number of nitrogens with zero attached hydrogens (tertiary/aromatic N) is 3. The van der Waals surface area contributed by atoms with E-state index in [2.05, 4.69) is 25.6 Å². The summed E-state index contributed by atoms with van der Waals surface area (Å²) in [6, 6.07) is 17.5. The summed E-state index contributed by atoms with van der Waals surface area (Å²) in [5.41, 5.74) is 2.41. The third-order valence-corrected chi connectivity index (χ3v) is 6.23. The molecule has 0 spiro atoms. The lowest BCUT2D eigenvalue weighted by Crippen LogP contribution is -2.37. The number of pyridine rings is 1. The lowest BCUT2D eigenvalue weighted by atomic mass is 10.1. The summed E-state index contributed by atoms with van der Waals surface area (Å²) in [7, 11) is 0. The Morgan fingerprint density at radius 3 is 2.69 bits per heavy atom. The lowest BCUT2D eigenvalue weighted by Gasteiger charge is -2.23. The third-order valence-electron chi connectivity index (χ3n) is 5.93. The van der Waals surface area contributed by atoms with Gasteiger partial charge in [-0.3, -0.25) is 4.98 Å². The molecular formula is C27H28ClN5O3. The van der Waals surface area contributed by atoms with Crippen LogP contribution in [-0.4, -0.2) is 47.4 Å². The maximum Gasteiger partial charge on any atom is 0.145 e. The molecule has 0 bridgehead atoms. The summed E-state index contributed by atoms with van der Waals surface area (Å²) in [6.07, 6.45) is 5.34. The van der Waals surface area contributed by atoms with Crippen molar-refractivity contribution in [1.82, 2.24) is 20.3 Å². The first kappa shape index (κ1) is 24.2. The van der Waals surface area contributed by atoms with Gasteiger partial charge in [-0.25, -0.2) is 9.97 Å².